The van der Waals surface area contributed by atoms with Gasteiger partial charge in [0.25, 0.3) is 0 Å². The maximum Gasteiger partial charge on any atom is 0.126 e. The van der Waals surface area contributed by atoms with Gasteiger partial charge in [-0.1, -0.05) is 42.5 Å². The summed E-state index contributed by atoms with van der Waals surface area (Å²) in [6.07, 6.45) is 0.637. The molecule has 3 heteroatoms. The van der Waals surface area contributed by atoms with E-state index in [-0.39, 0.29) is 18.5 Å². The Hall–Kier alpha value is -1.71. The first-order valence-corrected chi connectivity index (χ1v) is 6.85. The van der Waals surface area contributed by atoms with Crippen molar-refractivity contribution in [1.82, 2.24) is 5.32 Å². The fourth-order valence-electron chi connectivity index (χ4n) is 2.19. The Morgan fingerprint density at radius 2 is 1.90 bits per heavy atom. The molecule has 0 unspecified atom stereocenters. The Bertz CT molecular complexity index is 542. The maximum atomic E-state index is 13.5. The molecule has 0 fully saturated rings. The zero-order valence-corrected chi connectivity index (χ0v) is 11.6. The van der Waals surface area contributed by atoms with E-state index >= 15 is 0 Å². The van der Waals surface area contributed by atoms with Gasteiger partial charge in [-0.25, -0.2) is 4.39 Å². The minimum Gasteiger partial charge on any atom is -0.396 e. The Balaban J connectivity index is 2.03. The lowest BCUT2D eigenvalue weighted by molar-refractivity contribution is 0.265. The van der Waals surface area contributed by atoms with E-state index in [1.807, 2.05) is 36.4 Å². The topological polar surface area (TPSA) is 32.3 Å². The third-order valence-corrected chi connectivity index (χ3v) is 3.41. The van der Waals surface area contributed by atoms with Crippen molar-refractivity contribution >= 4 is 0 Å². The van der Waals surface area contributed by atoms with E-state index in [9.17, 15) is 9.50 Å². The number of halogens is 1. The van der Waals surface area contributed by atoms with Gasteiger partial charge in [-0.05, 0) is 36.1 Å². The van der Waals surface area contributed by atoms with Gasteiger partial charge in [0.05, 0.1) is 0 Å². The molecule has 0 spiro atoms. The smallest absolute Gasteiger partial charge is 0.126 e. The Kier molecular flexibility index (Phi) is 5.27. The van der Waals surface area contributed by atoms with Crippen LogP contribution in [0.25, 0.3) is 0 Å². The summed E-state index contributed by atoms with van der Waals surface area (Å²) in [4.78, 5) is 0. The number of hydrogen-bond acceptors (Lipinski definition) is 2. The monoisotopic (exact) mass is 273 g/mol. The molecule has 0 radical (unpaired) electrons. The Labute approximate surface area is 119 Å². The standard InChI is InChI=1S/C17H20FNO/c1-13-7-8-14(11-16(13)18)12-19-17(9-10-20)15-5-3-2-4-6-15/h2-8,11,17,19-20H,9-10,12H2,1H3/t17-/m1/s1. The number of aliphatic hydroxyl groups excluding tert-OH is 1. The fourth-order valence-corrected chi connectivity index (χ4v) is 2.19. The van der Waals surface area contributed by atoms with Crippen LogP contribution in [0.2, 0.25) is 0 Å². The third kappa shape index (κ3) is 3.89. The second-order valence-electron chi connectivity index (χ2n) is 4.94. The lowest BCUT2D eigenvalue weighted by Crippen LogP contribution is -2.22. The molecule has 2 nitrogen and oxygen atoms in total. The molecule has 0 aliphatic rings. The van der Waals surface area contributed by atoms with Crippen molar-refractivity contribution < 1.29 is 9.50 Å². The first-order valence-electron chi connectivity index (χ1n) is 6.85. The van der Waals surface area contributed by atoms with Crippen molar-refractivity contribution in [3.8, 4) is 0 Å². The van der Waals surface area contributed by atoms with Crippen molar-refractivity contribution in [3.63, 3.8) is 0 Å². The number of nitrogens with one attached hydrogen (secondary N) is 1. The Morgan fingerprint density at radius 3 is 2.55 bits per heavy atom. The maximum absolute atomic E-state index is 13.5. The van der Waals surface area contributed by atoms with Gasteiger partial charge in [0.15, 0.2) is 0 Å². The molecule has 0 aliphatic carbocycles. The van der Waals surface area contributed by atoms with E-state index in [4.69, 9.17) is 0 Å². The van der Waals surface area contributed by atoms with Gasteiger partial charge in [0.1, 0.15) is 5.82 Å². The van der Waals surface area contributed by atoms with E-state index in [1.165, 1.54) is 0 Å². The molecule has 2 rings (SSSR count). The molecule has 106 valence electrons. The molecule has 0 aromatic heterocycles. The van der Waals surface area contributed by atoms with Crippen molar-refractivity contribution in [2.75, 3.05) is 6.61 Å². The summed E-state index contributed by atoms with van der Waals surface area (Å²) in [6.45, 7) is 2.46. The molecule has 2 N–H and O–H groups in total. The third-order valence-electron chi connectivity index (χ3n) is 3.41. The summed E-state index contributed by atoms with van der Waals surface area (Å²) < 4.78 is 13.5. The zero-order valence-electron chi connectivity index (χ0n) is 11.6. The van der Waals surface area contributed by atoms with Gasteiger partial charge in [-0.2, -0.15) is 0 Å². The number of rotatable bonds is 6. The summed E-state index contributed by atoms with van der Waals surface area (Å²) >= 11 is 0. The van der Waals surface area contributed by atoms with E-state index in [1.54, 1.807) is 19.1 Å². The summed E-state index contributed by atoms with van der Waals surface area (Å²) in [5, 5.41) is 12.5. The van der Waals surface area contributed by atoms with Gasteiger partial charge in [-0.15, -0.1) is 0 Å². The largest absolute Gasteiger partial charge is 0.396 e. The number of hydrogen-bond donors (Lipinski definition) is 2. The predicted molar refractivity (Wildman–Crippen MR) is 78.9 cm³/mol. The van der Waals surface area contributed by atoms with E-state index < -0.39 is 0 Å². The van der Waals surface area contributed by atoms with Crippen molar-refractivity contribution in [1.29, 1.82) is 0 Å². The number of benzene rings is 2. The van der Waals surface area contributed by atoms with Gasteiger partial charge in [-0.3, -0.25) is 0 Å². The first kappa shape index (κ1) is 14.7. The number of aliphatic hydroxyl groups is 1. The molecule has 0 saturated carbocycles. The zero-order chi connectivity index (χ0) is 14.4. The molecule has 0 bridgehead atoms. The van der Waals surface area contributed by atoms with Crippen LogP contribution in [0.4, 0.5) is 4.39 Å². The molecule has 0 heterocycles. The highest BCUT2D eigenvalue weighted by atomic mass is 19.1. The van der Waals surface area contributed by atoms with E-state index in [2.05, 4.69) is 5.32 Å². The highest BCUT2D eigenvalue weighted by Crippen LogP contribution is 2.17. The summed E-state index contributed by atoms with van der Waals surface area (Å²) in [7, 11) is 0. The van der Waals surface area contributed by atoms with Crippen LogP contribution in [0.1, 0.15) is 29.2 Å². The highest BCUT2D eigenvalue weighted by Gasteiger charge is 2.10. The normalized spacial score (nSPS) is 12.3. The van der Waals surface area contributed by atoms with Crippen LogP contribution >= 0.6 is 0 Å². The van der Waals surface area contributed by atoms with Crippen LogP contribution in [-0.2, 0) is 6.54 Å². The molecular formula is C17H20FNO. The first-order chi connectivity index (χ1) is 9.70. The highest BCUT2D eigenvalue weighted by molar-refractivity contribution is 5.24. The van der Waals surface area contributed by atoms with Crippen molar-refractivity contribution in [3.05, 3.63) is 71.0 Å². The van der Waals surface area contributed by atoms with Crippen LogP contribution in [0.3, 0.4) is 0 Å². The fraction of sp³-hybridized carbons (Fsp3) is 0.294. The van der Waals surface area contributed by atoms with Crippen LogP contribution in [0.5, 0.6) is 0 Å². The molecule has 0 saturated heterocycles. The average molecular weight is 273 g/mol. The van der Waals surface area contributed by atoms with Crippen LogP contribution in [0.15, 0.2) is 48.5 Å². The summed E-state index contributed by atoms with van der Waals surface area (Å²) in [5.74, 6) is -0.178. The van der Waals surface area contributed by atoms with Gasteiger partial charge in [0, 0.05) is 19.2 Å². The second-order valence-corrected chi connectivity index (χ2v) is 4.94. The van der Waals surface area contributed by atoms with Gasteiger partial charge in [0.2, 0.25) is 0 Å². The second kappa shape index (κ2) is 7.17. The lowest BCUT2D eigenvalue weighted by Gasteiger charge is -2.18. The quantitative estimate of drug-likeness (QED) is 0.846. The van der Waals surface area contributed by atoms with Gasteiger partial charge >= 0.3 is 0 Å². The summed E-state index contributed by atoms with van der Waals surface area (Å²) in [5.41, 5.74) is 2.70. The van der Waals surface area contributed by atoms with Crippen LogP contribution in [-0.4, -0.2) is 11.7 Å². The van der Waals surface area contributed by atoms with Crippen LogP contribution < -0.4 is 5.32 Å². The molecule has 2 aromatic rings. The molecule has 0 amide bonds. The molecular weight excluding hydrogens is 253 g/mol. The summed E-state index contributed by atoms with van der Waals surface area (Å²) in [6, 6.07) is 15.3. The molecule has 20 heavy (non-hydrogen) atoms. The minimum atomic E-state index is -0.178. The van der Waals surface area contributed by atoms with Crippen LogP contribution in [0, 0.1) is 12.7 Å². The molecule has 2 aromatic carbocycles. The van der Waals surface area contributed by atoms with E-state index in [0.717, 1.165) is 11.1 Å². The Morgan fingerprint density at radius 1 is 1.15 bits per heavy atom. The predicted octanol–water partition coefficient (Wildman–Crippen LogP) is 3.35. The SMILES string of the molecule is Cc1ccc(CN[C@H](CCO)c2ccccc2)cc1F. The minimum absolute atomic E-state index is 0.0746. The van der Waals surface area contributed by atoms with E-state index in [0.29, 0.717) is 18.5 Å². The number of aryl methyl sites for hydroxylation is 1. The lowest BCUT2D eigenvalue weighted by atomic mass is 10.0. The van der Waals surface area contributed by atoms with Gasteiger partial charge < -0.3 is 10.4 Å². The van der Waals surface area contributed by atoms with Crippen molar-refractivity contribution in [2.24, 2.45) is 0 Å². The average Bonchev–Trinajstić information content (AvgIpc) is 2.48. The molecule has 1 atom stereocenters. The van der Waals surface area contributed by atoms with Crippen molar-refractivity contribution in [2.45, 2.75) is 25.9 Å². The molecule has 0 aliphatic heterocycles.